The molecule has 3 heterocycles. The SMILES string of the molecule is Cc1ccc(-c2ccc(N)c(-c3c(N)ccc(-c4ccsc4)c3-c3cc(-c4cccs4)cc(Cl)c3N)c2)s1. The van der Waals surface area contributed by atoms with E-state index in [1.165, 1.54) is 9.75 Å². The molecule has 6 rings (SSSR count). The zero-order chi connectivity index (χ0) is 26.4. The predicted molar refractivity (Wildman–Crippen MR) is 170 cm³/mol. The van der Waals surface area contributed by atoms with Crippen LogP contribution in [-0.4, -0.2) is 0 Å². The van der Waals surface area contributed by atoms with Gasteiger partial charge < -0.3 is 17.2 Å². The van der Waals surface area contributed by atoms with E-state index in [0.29, 0.717) is 22.1 Å². The summed E-state index contributed by atoms with van der Waals surface area (Å²) in [5.41, 5.74) is 29.6. The van der Waals surface area contributed by atoms with E-state index in [0.717, 1.165) is 49.4 Å². The van der Waals surface area contributed by atoms with Crippen LogP contribution in [0.5, 0.6) is 0 Å². The number of hydrogen-bond acceptors (Lipinski definition) is 6. The van der Waals surface area contributed by atoms with Crippen molar-refractivity contribution in [3.8, 4) is 54.3 Å². The van der Waals surface area contributed by atoms with E-state index in [9.17, 15) is 0 Å². The first-order valence-electron chi connectivity index (χ1n) is 12.0. The highest BCUT2D eigenvalue weighted by molar-refractivity contribution is 7.15. The average Bonchev–Trinajstić information content (AvgIpc) is 3.69. The molecule has 3 aromatic heterocycles. The minimum atomic E-state index is 0.506. The molecule has 0 aliphatic carbocycles. The van der Waals surface area contributed by atoms with Crippen LogP contribution in [0.25, 0.3) is 54.3 Å². The molecule has 6 aromatic rings. The van der Waals surface area contributed by atoms with Gasteiger partial charge in [-0.15, -0.1) is 22.7 Å². The van der Waals surface area contributed by atoms with Crippen molar-refractivity contribution in [2.45, 2.75) is 6.92 Å². The highest BCUT2D eigenvalue weighted by Crippen LogP contribution is 2.50. The van der Waals surface area contributed by atoms with Gasteiger partial charge in [-0.05, 0) is 99.9 Å². The standard InChI is InChI=1S/C31H24ClN3S3/c1-17-4-9-28(38-17)18-5-7-25(33)22(13-18)30-26(34)8-6-21(19-10-12-36-16-19)29(30)23-14-20(15-24(32)31(23)35)27-3-2-11-37-27/h2-16H,33-35H2,1H3. The summed E-state index contributed by atoms with van der Waals surface area (Å²) in [5.74, 6) is 0. The Labute approximate surface area is 238 Å². The lowest BCUT2D eigenvalue weighted by Crippen LogP contribution is -2.01. The number of thiophene rings is 3. The van der Waals surface area contributed by atoms with Crippen LogP contribution >= 0.6 is 45.6 Å². The zero-order valence-electron chi connectivity index (χ0n) is 20.5. The molecule has 7 heteroatoms. The van der Waals surface area contributed by atoms with Crippen molar-refractivity contribution in [3.63, 3.8) is 0 Å². The van der Waals surface area contributed by atoms with Gasteiger partial charge in [-0.2, -0.15) is 11.3 Å². The highest BCUT2D eigenvalue weighted by Gasteiger charge is 2.23. The van der Waals surface area contributed by atoms with Crippen LogP contribution < -0.4 is 17.2 Å². The van der Waals surface area contributed by atoms with Crippen LogP contribution in [0.1, 0.15) is 4.88 Å². The molecule has 0 fully saturated rings. The fourth-order valence-electron chi connectivity index (χ4n) is 4.77. The maximum absolute atomic E-state index is 6.77. The third-order valence-electron chi connectivity index (χ3n) is 6.62. The molecule has 0 amide bonds. The van der Waals surface area contributed by atoms with Gasteiger partial charge in [-0.25, -0.2) is 0 Å². The Balaban J connectivity index is 1.69. The lowest BCUT2D eigenvalue weighted by Gasteiger charge is -2.21. The highest BCUT2D eigenvalue weighted by atomic mass is 35.5. The lowest BCUT2D eigenvalue weighted by molar-refractivity contribution is 1.56. The number of benzene rings is 3. The van der Waals surface area contributed by atoms with Gasteiger partial charge in [0.25, 0.3) is 0 Å². The molecule has 0 unspecified atom stereocenters. The molecule has 0 aliphatic heterocycles. The van der Waals surface area contributed by atoms with E-state index < -0.39 is 0 Å². The quantitative estimate of drug-likeness (QED) is 0.181. The van der Waals surface area contributed by atoms with Crippen molar-refractivity contribution in [1.82, 2.24) is 0 Å². The molecule has 0 saturated carbocycles. The Bertz CT molecular complexity index is 1770. The van der Waals surface area contributed by atoms with Crippen molar-refractivity contribution in [2.24, 2.45) is 0 Å². The molecule has 0 atom stereocenters. The molecule has 3 nitrogen and oxygen atoms in total. The monoisotopic (exact) mass is 569 g/mol. The van der Waals surface area contributed by atoms with Crippen molar-refractivity contribution >= 4 is 62.7 Å². The summed E-state index contributed by atoms with van der Waals surface area (Å²) < 4.78 is 0. The third-order valence-corrected chi connectivity index (χ3v) is 9.59. The second-order valence-corrected chi connectivity index (χ2v) is 12.5. The summed E-state index contributed by atoms with van der Waals surface area (Å²) in [7, 11) is 0. The predicted octanol–water partition coefficient (Wildman–Crippen LogP) is 9.91. The number of nitrogens with two attached hydrogens (primary N) is 3. The maximum Gasteiger partial charge on any atom is 0.0648 e. The molecule has 0 saturated heterocycles. The molecule has 0 spiro atoms. The van der Waals surface area contributed by atoms with Crippen LogP contribution in [0.4, 0.5) is 17.1 Å². The Morgan fingerprint density at radius 1 is 0.658 bits per heavy atom. The van der Waals surface area contributed by atoms with Gasteiger partial charge >= 0.3 is 0 Å². The maximum atomic E-state index is 6.77. The van der Waals surface area contributed by atoms with Crippen LogP contribution in [0.3, 0.4) is 0 Å². The van der Waals surface area contributed by atoms with Crippen LogP contribution in [0, 0.1) is 6.92 Å². The van der Waals surface area contributed by atoms with Crippen LogP contribution in [0.2, 0.25) is 5.02 Å². The normalized spacial score (nSPS) is 11.2. The second kappa shape index (κ2) is 9.97. The molecular formula is C31H24ClN3S3. The van der Waals surface area contributed by atoms with E-state index in [-0.39, 0.29) is 0 Å². The third kappa shape index (κ3) is 4.40. The number of anilines is 3. The first kappa shape index (κ1) is 24.8. The van der Waals surface area contributed by atoms with Crippen molar-refractivity contribution in [3.05, 3.63) is 98.8 Å². The van der Waals surface area contributed by atoms with Crippen molar-refractivity contribution in [2.75, 3.05) is 17.2 Å². The van der Waals surface area contributed by atoms with Gasteiger partial charge in [0.2, 0.25) is 0 Å². The smallest absolute Gasteiger partial charge is 0.0648 e. The van der Waals surface area contributed by atoms with Gasteiger partial charge in [-0.3, -0.25) is 0 Å². The molecule has 3 aromatic carbocycles. The summed E-state index contributed by atoms with van der Waals surface area (Å²) in [5, 5.41) is 6.77. The number of hydrogen-bond donors (Lipinski definition) is 3. The fourth-order valence-corrected chi connectivity index (χ4v) is 7.23. The van der Waals surface area contributed by atoms with Crippen molar-refractivity contribution < 1.29 is 0 Å². The van der Waals surface area contributed by atoms with Crippen LogP contribution in [-0.2, 0) is 0 Å². The first-order valence-corrected chi connectivity index (χ1v) is 15.0. The van der Waals surface area contributed by atoms with Crippen molar-refractivity contribution in [1.29, 1.82) is 0 Å². The minimum absolute atomic E-state index is 0.506. The van der Waals surface area contributed by atoms with Gasteiger partial charge in [0, 0.05) is 48.3 Å². The second-order valence-electron chi connectivity index (χ2n) is 9.07. The summed E-state index contributed by atoms with van der Waals surface area (Å²) >= 11 is 11.8. The topological polar surface area (TPSA) is 78.1 Å². The largest absolute Gasteiger partial charge is 0.398 e. The molecule has 6 N–H and O–H groups in total. The molecule has 188 valence electrons. The lowest BCUT2D eigenvalue weighted by atomic mass is 9.85. The number of aryl methyl sites for hydroxylation is 1. The van der Waals surface area contributed by atoms with E-state index in [4.69, 9.17) is 28.8 Å². The average molecular weight is 570 g/mol. The Kier molecular flexibility index (Phi) is 6.50. The van der Waals surface area contributed by atoms with Gasteiger partial charge in [-0.1, -0.05) is 29.8 Å². The summed E-state index contributed by atoms with van der Waals surface area (Å²) in [6.07, 6.45) is 0. The fraction of sp³-hybridized carbons (Fsp3) is 0.0323. The molecule has 0 radical (unpaired) electrons. The van der Waals surface area contributed by atoms with Crippen LogP contribution in [0.15, 0.2) is 88.9 Å². The zero-order valence-corrected chi connectivity index (χ0v) is 23.7. The van der Waals surface area contributed by atoms with Gasteiger partial charge in [0.15, 0.2) is 0 Å². The van der Waals surface area contributed by atoms with E-state index in [1.54, 1.807) is 34.0 Å². The minimum Gasteiger partial charge on any atom is -0.398 e. The van der Waals surface area contributed by atoms with E-state index in [2.05, 4.69) is 71.6 Å². The Hall–Kier alpha value is -3.55. The number of rotatable bonds is 5. The molecule has 0 bridgehead atoms. The Morgan fingerprint density at radius 3 is 2.18 bits per heavy atom. The van der Waals surface area contributed by atoms with E-state index >= 15 is 0 Å². The molecule has 0 aliphatic rings. The van der Waals surface area contributed by atoms with E-state index in [1.807, 2.05) is 24.3 Å². The molecule has 38 heavy (non-hydrogen) atoms. The molecular weight excluding hydrogens is 546 g/mol. The first-order chi connectivity index (χ1) is 18.4. The number of nitrogen functional groups attached to an aromatic ring is 3. The van der Waals surface area contributed by atoms with Gasteiger partial charge in [0.05, 0.1) is 10.7 Å². The van der Waals surface area contributed by atoms with Gasteiger partial charge in [0.1, 0.15) is 0 Å². The summed E-state index contributed by atoms with van der Waals surface area (Å²) in [4.78, 5) is 3.55. The summed E-state index contributed by atoms with van der Waals surface area (Å²) in [6.45, 7) is 2.11. The number of halogens is 1. The summed E-state index contributed by atoms with van der Waals surface area (Å²) in [6, 6.07) is 24.7. The Morgan fingerprint density at radius 2 is 1.47 bits per heavy atom.